The monoisotopic (exact) mass is 169 g/mol. The molecule has 0 spiro atoms. The fourth-order valence-electron chi connectivity index (χ4n) is 0.243. The summed E-state index contributed by atoms with van der Waals surface area (Å²) in [5, 5.41) is 10.5. The SMILES string of the molecule is Clc1cnnnc1Cl.F. The lowest BCUT2D eigenvalue weighted by Crippen LogP contribution is -1.84. The van der Waals surface area contributed by atoms with Crippen LogP contribution in [0.4, 0.5) is 4.70 Å². The largest absolute Gasteiger partial charge is 0.269 e. The first-order valence-electron chi connectivity index (χ1n) is 1.80. The van der Waals surface area contributed by atoms with Crippen molar-refractivity contribution in [1.29, 1.82) is 0 Å². The molecule has 0 aromatic carbocycles. The fraction of sp³-hybridized carbons (Fsp3) is 0. The molecule has 0 amide bonds. The number of hydrogen-bond acceptors (Lipinski definition) is 3. The number of hydrogen-bond donors (Lipinski definition) is 0. The third kappa shape index (κ3) is 2.07. The van der Waals surface area contributed by atoms with Gasteiger partial charge in [0.1, 0.15) is 5.02 Å². The lowest BCUT2D eigenvalue weighted by Gasteiger charge is -1.84. The summed E-state index contributed by atoms with van der Waals surface area (Å²) in [7, 11) is 0. The molecule has 50 valence electrons. The van der Waals surface area contributed by atoms with E-state index in [-0.39, 0.29) is 9.86 Å². The first-order valence-corrected chi connectivity index (χ1v) is 2.55. The highest BCUT2D eigenvalue weighted by Crippen LogP contribution is 2.13. The minimum Gasteiger partial charge on any atom is -0.269 e. The van der Waals surface area contributed by atoms with Gasteiger partial charge in [0, 0.05) is 0 Å². The molecule has 1 rings (SSSR count). The molecule has 0 saturated heterocycles. The van der Waals surface area contributed by atoms with Gasteiger partial charge in [0.05, 0.1) is 6.20 Å². The molecule has 9 heavy (non-hydrogen) atoms. The van der Waals surface area contributed by atoms with E-state index in [9.17, 15) is 0 Å². The van der Waals surface area contributed by atoms with E-state index in [1.807, 2.05) is 0 Å². The molecule has 6 heteroatoms. The molecular formula is C3H2Cl2FN3. The molecule has 0 unspecified atom stereocenters. The highest BCUT2D eigenvalue weighted by molar-refractivity contribution is 6.40. The summed E-state index contributed by atoms with van der Waals surface area (Å²) in [6.07, 6.45) is 1.33. The van der Waals surface area contributed by atoms with E-state index < -0.39 is 0 Å². The van der Waals surface area contributed by atoms with Crippen LogP contribution in [0.25, 0.3) is 0 Å². The average molecular weight is 170 g/mol. The van der Waals surface area contributed by atoms with Crippen molar-refractivity contribution < 1.29 is 4.70 Å². The van der Waals surface area contributed by atoms with E-state index in [0.29, 0.717) is 5.02 Å². The molecule has 1 aromatic rings. The Morgan fingerprint density at radius 1 is 1.33 bits per heavy atom. The zero-order valence-electron chi connectivity index (χ0n) is 4.08. The maximum absolute atomic E-state index is 5.41. The predicted molar refractivity (Wildman–Crippen MR) is 32.4 cm³/mol. The molecule has 1 aromatic heterocycles. The Hall–Kier alpha value is -0.480. The van der Waals surface area contributed by atoms with Gasteiger partial charge in [-0.2, -0.15) is 0 Å². The van der Waals surface area contributed by atoms with Crippen LogP contribution in [-0.4, -0.2) is 15.4 Å². The van der Waals surface area contributed by atoms with Crippen molar-refractivity contribution in [1.82, 2.24) is 15.4 Å². The number of halogens is 3. The molecule has 0 atom stereocenters. The Kier molecular flexibility index (Phi) is 3.34. The summed E-state index contributed by atoms with van der Waals surface area (Å²) < 4.78 is 0. The summed E-state index contributed by atoms with van der Waals surface area (Å²) in [6, 6.07) is 0. The van der Waals surface area contributed by atoms with E-state index in [0.717, 1.165) is 0 Å². The minimum atomic E-state index is 0. The highest BCUT2D eigenvalue weighted by atomic mass is 35.5. The second kappa shape index (κ2) is 3.53. The topological polar surface area (TPSA) is 38.7 Å². The van der Waals surface area contributed by atoms with Gasteiger partial charge in [0.2, 0.25) is 0 Å². The number of aromatic nitrogens is 3. The summed E-state index contributed by atoms with van der Waals surface area (Å²) in [5.74, 6) is 0. The van der Waals surface area contributed by atoms with Crippen LogP contribution in [0.3, 0.4) is 0 Å². The van der Waals surface area contributed by atoms with Gasteiger partial charge in [0.15, 0.2) is 5.15 Å². The molecule has 0 aliphatic carbocycles. The molecule has 0 N–H and O–H groups in total. The van der Waals surface area contributed by atoms with Crippen molar-refractivity contribution >= 4 is 23.2 Å². The maximum Gasteiger partial charge on any atom is 0.173 e. The Bertz CT molecular complexity index is 173. The minimum absolute atomic E-state index is 0. The van der Waals surface area contributed by atoms with E-state index in [1.165, 1.54) is 6.20 Å². The molecule has 0 bridgehead atoms. The molecule has 0 radical (unpaired) electrons. The van der Waals surface area contributed by atoms with Crippen LogP contribution in [0.1, 0.15) is 0 Å². The molecule has 0 fully saturated rings. The zero-order chi connectivity index (χ0) is 5.98. The summed E-state index contributed by atoms with van der Waals surface area (Å²) in [6.45, 7) is 0. The Balaban J connectivity index is 0.000000640. The van der Waals surface area contributed by atoms with Crippen LogP contribution >= 0.6 is 23.2 Å². The van der Waals surface area contributed by atoms with Crippen LogP contribution in [0.2, 0.25) is 10.2 Å². The molecule has 0 saturated carbocycles. The fourth-order valence-corrected chi connectivity index (χ4v) is 0.407. The number of nitrogens with zero attached hydrogens (tertiary/aromatic N) is 3. The molecule has 0 aliphatic rings. The molecule has 0 aliphatic heterocycles. The van der Waals surface area contributed by atoms with E-state index >= 15 is 0 Å². The Morgan fingerprint density at radius 3 is 2.33 bits per heavy atom. The quantitative estimate of drug-likeness (QED) is 0.589. The normalized spacial score (nSPS) is 8.22. The van der Waals surface area contributed by atoms with Crippen molar-refractivity contribution in [3.8, 4) is 0 Å². The highest BCUT2D eigenvalue weighted by Gasteiger charge is 1.94. The van der Waals surface area contributed by atoms with Gasteiger partial charge in [-0.05, 0) is 5.21 Å². The lowest BCUT2D eigenvalue weighted by atomic mass is 10.7. The standard InChI is InChI=1S/C3HCl2N3.FH/c4-2-1-6-8-7-3(2)5;/h1H;1H. The molecule has 3 nitrogen and oxygen atoms in total. The zero-order valence-corrected chi connectivity index (χ0v) is 5.60. The molecule has 1 heterocycles. The van der Waals surface area contributed by atoms with Crippen LogP contribution in [0, 0.1) is 0 Å². The van der Waals surface area contributed by atoms with Gasteiger partial charge in [-0.1, -0.05) is 23.2 Å². The van der Waals surface area contributed by atoms with Crippen LogP contribution in [-0.2, 0) is 0 Å². The van der Waals surface area contributed by atoms with E-state index in [2.05, 4.69) is 15.4 Å². The van der Waals surface area contributed by atoms with Crippen molar-refractivity contribution in [3.05, 3.63) is 16.4 Å². The van der Waals surface area contributed by atoms with E-state index in [1.54, 1.807) is 0 Å². The second-order valence-corrected chi connectivity index (χ2v) is 1.84. The maximum atomic E-state index is 5.41. The summed E-state index contributed by atoms with van der Waals surface area (Å²) >= 11 is 10.8. The van der Waals surface area contributed by atoms with Gasteiger partial charge in [0.25, 0.3) is 0 Å². The smallest absolute Gasteiger partial charge is 0.173 e. The number of rotatable bonds is 0. The van der Waals surface area contributed by atoms with Gasteiger partial charge in [-0.3, -0.25) is 4.70 Å². The van der Waals surface area contributed by atoms with Crippen LogP contribution < -0.4 is 0 Å². The molecular weight excluding hydrogens is 168 g/mol. The Labute approximate surface area is 60.4 Å². The summed E-state index contributed by atoms with van der Waals surface area (Å²) in [5.41, 5.74) is 0. The summed E-state index contributed by atoms with van der Waals surface area (Å²) in [4.78, 5) is 0. The van der Waals surface area contributed by atoms with Crippen LogP contribution in [0.15, 0.2) is 6.20 Å². The third-order valence-corrected chi connectivity index (χ3v) is 1.20. The van der Waals surface area contributed by atoms with Crippen molar-refractivity contribution in [2.45, 2.75) is 0 Å². The third-order valence-electron chi connectivity index (χ3n) is 0.552. The van der Waals surface area contributed by atoms with Crippen molar-refractivity contribution in [3.63, 3.8) is 0 Å². The predicted octanol–water partition coefficient (Wildman–Crippen LogP) is 1.33. The first-order chi connectivity index (χ1) is 3.80. The van der Waals surface area contributed by atoms with Crippen LogP contribution in [0.5, 0.6) is 0 Å². The van der Waals surface area contributed by atoms with Gasteiger partial charge >= 0.3 is 0 Å². The Morgan fingerprint density at radius 2 is 2.00 bits per heavy atom. The van der Waals surface area contributed by atoms with Crippen molar-refractivity contribution in [2.24, 2.45) is 0 Å². The van der Waals surface area contributed by atoms with Gasteiger partial charge < -0.3 is 0 Å². The van der Waals surface area contributed by atoms with E-state index in [4.69, 9.17) is 23.2 Å². The van der Waals surface area contributed by atoms with Gasteiger partial charge in [-0.15, -0.1) is 10.2 Å². The van der Waals surface area contributed by atoms with Gasteiger partial charge in [-0.25, -0.2) is 0 Å². The second-order valence-electron chi connectivity index (χ2n) is 1.07. The first kappa shape index (κ1) is 8.52. The lowest BCUT2D eigenvalue weighted by molar-refractivity contribution is 0.865. The van der Waals surface area contributed by atoms with Crippen molar-refractivity contribution in [2.75, 3.05) is 0 Å². The average Bonchev–Trinajstić information content (AvgIpc) is 1.77.